The maximum absolute atomic E-state index is 12.4. The lowest BCUT2D eigenvalue weighted by molar-refractivity contribution is -0.139. The first-order valence-electron chi connectivity index (χ1n) is 6.60. The third-order valence-electron chi connectivity index (χ3n) is 3.33. The van der Waals surface area contributed by atoms with Crippen LogP contribution in [0.2, 0.25) is 0 Å². The Labute approximate surface area is 131 Å². The number of ether oxygens (including phenoxy) is 1. The molecule has 1 saturated heterocycles. The van der Waals surface area contributed by atoms with Gasteiger partial charge in [0.25, 0.3) is 0 Å². The molecular weight excluding hydrogens is 340 g/mol. The molecular formula is C14H17BrN2O4. The maximum atomic E-state index is 12.4. The molecule has 7 heteroatoms. The van der Waals surface area contributed by atoms with Crippen LogP contribution in [0.1, 0.15) is 12.0 Å². The Balaban J connectivity index is 2.08. The maximum Gasteiger partial charge on any atom is 0.322 e. The van der Waals surface area contributed by atoms with E-state index in [1.165, 1.54) is 4.90 Å². The lowest BCUT2D eigenvalue weighted by atomic mass is 10.1. The highest BCUT2D eigenvalue weighted by molar-refractivity contribution is 9.10. The summed E-state index contributed by atoms with van der Waals surface area (Å²) in [6.45, 7) is 2.95. The van der Waals surface area contributed by atoms with Crippen LogP contribution in [0.25, 0.3) is 0 Å². The third-order valence-corrected chi connectivity index (χ3v) is 3.82. The summed E-state index contributed by atoms with van der Waals surface area (Å²) in [4.78, 5) is 24.7. The fourth-order valence-corrected chi connectivity index (χ4v) is 2.72. The Morgan fingerprint density at radius 3 is 2.95 bits per heavy atom. The number of nitrogens with zero attached hydrogens (tertiary/aromatic N) is 1. The molecule has 2 N–H and O–H groups in total. The lowest BCUT2D eigenvalue weighted by Gasteiger charge is -2.34. The van der Waals surface area contributed by atoms with E-state index in [1.807, 2.05) is 25.1 Å². The first kappa shape index (κ1) is 15.8. The number of aryl methyl sites for hydroxylation is 1. The van der Waals surface area contributed by atoms with Crippen LogP contribution in [0.15, 0.2) is 22.7 Å². The molecule has 0 spiro atoms. The number of anilines is 1. The van der Waals surface area contributed by atoms with Crippen molar-refractivity contribution in [3.05, 3.63) is 28.2 Å². The minimum absolute atomic E-state index is 0.118. The first-order valence-corrected chi connectivity index (χ1v) is 7.40. The molecule has 0 radical (unpaired) electrons. The number of amides is 2. The summed E-state index contributed by atoms with van der Waals surface area (Å²) >= 11 is 3.37. The second kappa shape index (κ2) is 6.91. The third kappa shape index (κ3) is 4.18. The Morgan fingerprint density at radius 1 is 1.52 bits per heavy atom. The van der Waals surface area contributed by atoms with Gasteiger partial charge in [0.15, 0.2) is 0 Å². The molecule has 21 heavy (non-hydrogen) atoms. The van der Waals surface area contributed by atoms with Crippen molar-refractivity contribution in [3.63, 3.8) is 0 Å². The molecule has 2 amide bonds. The molecule has 1 aliphatic heterocycles. The Morgan fingerprint density at radius 2 is 2.29 bits per heavy atom. The number of hydrogen-bond donors (Lipinski definition) is 2. The monoisotopic (exact) mass is 356 g/mol. The van der Waals surface area contributed by atoms with Crippen molar-refractivity contribution in [2.24, 2.45) is 0 Å². The van der Waals surface area contributed by atoms with Crippen LogP contribution in [0.4, 0.5) is 10.5 Å². The highest BCUT2D eigenvalue weighted by Gasteiger charge is 2.29. The van der Waals surface area contributed by atoms with Crippen molar-refractivity contribution in [2.45, 2.75) is 19.4 Å². The van der Waals surface area contributed by atoms with Crippen molar-refractivity contribution < 1.29 is 19.4 Å². The van der Waals surface area contributed by atoms with E-state index in [4.69, 9.17) is 9.84 Å². The van der Waals surface area contributed by atoms with E-state index >= 15 is 0 Å². The number of carbonyl (C=O) groups is 2. The number of hydrogen-bond acceptors (Lipinski definition) is 3. The summed E-state index contributed by atoms with van der Waals surface area (Å²) in [6, 6.07) is 4.83. The van der Waals surface area contributed by atoms with Gasteiger partial charge in [0.2, 0.25) is 0 Å². The van der Waals surface area contributed by atoms with E-state index in [1.54, 1.807) is 0 Å². The van der Waals surface area contributed by atoms with Gasteiger partial charge < -0.3 is 20.1 Å². The van der Waals surface area contributed by atoms with Crippen LogP contribution in [0.5, 0.6) is 0 Å². The largest absolute Gasteiger partial charge is 0.481 e. The van der Waals surface area contributed by atoms with Crippen molar-refractivity contribution >= 4 is 33.6 Å². The molecule has 1 aromatic rings. The minimum atomic E-state index is -0.942. The quantitative estimate of drug-likeness (QED) is 0.871. The highest BCUT2D eigenvalue weighted by atomic mass is 79.9. The molecule has 6 nitrogen and oxygen atoms in total. The van der Waals surface area contributed by atoms with Gasteiger partial charge >= 0.3 is 12.0 Å². The Kier molecular flexibility index (Phi) is 5.19. The van der Waals surface area contributed by atoms with Crippen LogP contribution >= 0.6 is 15.9 Å². The fraction of sp³-hybridized carbons (Fsp3) is 0.429. The number of carbonyl (C=O) groups excluding carboxylic acids is 1. The summed E-state index contributed by atoms with van der Waals surface area (Å²) in [5.41, 5.74) is 1.64. The van der Waals surface area contributed by atoms with E-state index in [9.17, 15) is 9.59 Å². The van der Waals surface area contributed by atoms with Gasteiger partial charge in [0, 0.05) is 16.7 Å². The molecule has 0 aliphatic carbocycles. The summed E-state index contributed by atoms with van der Waals surface area (Å²) in [6.07, 6.45) is -0.118. The zero-order chi connectivity index (χ0) is 15.4. The zero-order valence-electron chi connectivity index (χ0n) is 11.6. The molecule has 114 valence electrons. The van der Waals surface area contributed by atoms with Crippen molar-refractivity contribution in [1.29, 1.82) is 0 Å². The summed E-state index contributed by atoms with van der Waals surface area (Å²) < 4.78 is 6.20. The van der Waals surface area contributed by atoms with Gasteiger partial charge in [0.05, 0.1) is 25.7 Å². The number of morpholine rings is 1. The number of nitrogens with one attached hydrogen (secondary N) is 1. The average molecular weight is 357 g/mol. The van der Waals surface area contributed by atoms with Crippen LogP contribution in [-0.4, -0.2) is 47.8 Å². The molecule has 1 aromatic carbocycles. The second-order valence-electron chi connectivity index (χ2n) is 4.91. The van der Waals surface area contributed by atoms with Gasteiger partial charge in [-0.15, -0.1) is 0 Å². The van der Waals surface area contributed by atoms with Gasteiger partial charge in [0.1, 0.15) is 0 Å². The van der Waals surface area contributed by atoms with Gasteiger partial charge in [-0.25, -0.2) is 4.79 Å². The molecule has 1 aliphatic rings. The normalized spacial score (nSPS) is 18.4. The van der Waals surface area contributed by atoms with Crippen LogP contribution in [0, 0.1) is 6.92 Å². The molecule has 1 unspecified atom stereocenters. The van der Waals surface area contributed by atoms with Crippen LogP contribution in [-0.2, 0) is 9.53 Å². The molecule has 1 heterocycles. The van der Waals surface area contributed by atoms with Crippen molar-refractivity contribution in [1.82, 2.24) is 4.90 Å². The second-order valence-corrected chi connectivity index (χ2v) is 5.83. The number of aliphatic carboxylic acids is 1. The van der Waals surface area contributed by atoms with E-state index in [2.05, 4.69) is 21.2 Å². The lowest BCUT2D eigenvalue weighted by Crippen LogP contribution is -2.51. The first-order chi connectivity index (χ1) is 9.97. The van der Waals surface area contributed by atoms with Gasteiger partial charge in [-0.3, -0.25) is 4.79 Å². The Bertz CT molecular complexity index is 550. The number of benzene rings is 1. The number of urea groups is 1. The number of rotatable bonds is 3. The van der Waals surface area contributed by atoms with E-state index in [0.717, 1.165) is 10.0 Å². The zero-order valence-corrected chi connectivity index (χ0v) is 13.2. The Hall–Kier alpha value is -1.60. The van der Waals surface area contributed by atoms with E-state index < -0.39 is 12.0 Å². The average Bonchev–Trinajstić information content (AvgIpc) is 2.42. The molecule has 1 fully saturated rings. The van der Waals surface area contributed by atoms with Gasteiger partial charge in [-0.2, -0.15) is 0 Å². The van der Waals surface area contributed by atoms with E-state index in [-0.39, 0.29) is 19.1 Å². The minimum Gasteiger partial charge on any atom is -0.481 e. The number of carboxylic acid groups (broad SMARTS) is 1. The predicted molar refractivity (Wildman–Crippen MR) is 81.5 cm³/mol. The standard InChI is InChI=1S/C14H17BrN2O4/c1-9-6-10(15)2-3-12(9)16-14(20)17-4-5-21-8-11(17)7-13(18)19/h2-3,6,11H,4-5,7-8H2,1H3,(H,16,20)(H,18,19). The van der Waals surface area contributed by atoms with Crippen molar-refractivity contribution in [3.8, 4) is 0 Å². The summed E-state index contributed by atoms with van der Waals surface area (Å²) in [5.74, 6) is -0.942. The fourth-order valence-electron chi connectivity index (χ4n) is 2.25. The van der Waals surface area contributed by atoms with Gasteiger partial charge in [-0.05, 0) is 30.7 Å². The smallest absolute Gasteiger partial charge is 0.322 e. The molecule has 1 atom stereocenters. The van der Waals surface area contributed by atoms with Crippen molar-refractivity contribution in [2.75, 3.05) is 25.1 Å². The van der Waals surface area contributed by atoms with Gasteiger partial charge in [-0.1, -0.05) is 15.9 Å². The van der Waals surface area contributed by atoms with Crippen LogP contribution < -0.4 is 5.32 Å². The number of halogens is 1. The predicted octanol–water partition coefficient (Wildman–Crippen LogP) is 2.46. The highest BCUT2D eigenvalue weighted by Crippen LogP contribution is 2.21. The topological polar surface area (TPSA) is 78.9 Å². The SMILES string of the molecule is Cc1cc(Br)ccc1NC(=O)N1CCOCC1CC(=O)O. The number of carboxylic acids is 1. The molecule has 2 rings (SSSR count). The summed E-state index contributed by atoms with van der Waals surface area (Å²) in [5, 5.41) is 11.7. The molecule has 0 saturated carbocycles. The summed E-state index contributed by atoms with van der Waals surface area (Å²) in [7, 11) is 0. The molecule has 0 aromatic heterocycles. The molecule has 0 bridgehead atoms. The van der Waals surface area contributed by atoms with Crippen LogP contribution in [0.3, 0.4) is 0 Å². The van der Waals surface area contributed by atoms with E-state index in [0.29, 0.717) is 18.8 Å².